The zero-order valence-electron chi connectivity index (χ0n) is 12.8. The van der Waals surface area contributed by atoms with Crippen molar-refractivity contribution in [1.82, 2.24) is 15.0 Å². The zero-order chi connectivity index (χ0) is 18.6. The van der Waals surface area contributed by atoms with Gasteiger partial charge in [-0.05, 0) is 19.1 Å². The molecule has 1 aromatic heterocycles. The van der Waals surface area contributed by atoms with E-state index >= 15 is 0 Å². The standard InChI is InChI=1S/C14H13F2N5O4/c1-7(18-14(24)25)12(22)20-21-3-2-17-11(21)13(23)19-10-5-8(15)4-9(16)6-10/h2-7,18H,1H3,(H,19,23)(H,20,22)(H,24,25). The lowest BCUT2D eigenvalue weighted by Crippen LogP contribution is -2.43. The average Bonchev–Trinajstić information content (AvgIpc) is 2.93. The van der Waals surface area contributed by atoms with Crippen LogP contribution in [0.3, 0.4) is 0 Å². The van der Waals surface area contributed by atoms with Crippen molar-refractivity contribution in [2.75, 3.05) is 10.7 Å². The van der Waals surface area contributed by atoms with Gasteiger partial charge in [0.05, 0.1) is 0 Å². The number of rotatable bonds is 5. The Balaban J connectivity index is 2.11. The van der Waals surface area contributed by atoms with Crippen molar-refractivity contribution in [3.8, 4) is 0 Å². The third-order valence-corrected chi connectivity index (χ3v) is 2.93. The van der Waals surface area contributed by atoms with Gasteiger partial charge in [0.1, 0.15) is 17.7 Å². The van der Waals surface area contributed by atoms with Gasteiger partial charge in [-0.25, -0.2) is 23.2 Å². The van der Waals surface area contributed by atoms with Crippen molar-refractivity contribution in [3.63, 3.8) is 0 Å². The minimum Gasteiger partial charge on any atom is -0.465 e. The van der Waals surface area contributed by atoms with Crippen molar-refractivity contribution in [3.05, 3.63) is 48.1 Å². The fourth-order valence-electron chi connectivity index (χ4n) is 1.84. The molecular formula is C14H13F2N5O4. The van der Waals surface area contributed by atoms with E-state index in [9.17, 15) is 23.2 Å². The van der Waals surface area contributed by atoms with Gasteiger partial charge >= 0.3 is 6.09 Å². The lowest BCUT2D eigenvalue weighted by Gasteiger charge is -2.14. The molecular weight excluding hydrogens is 340 g/mol. The molecule has 1 unspecified atom stereocenters. The van der Waals surface area contributed by atoms with Crippen molar-refractivity contribution < 1.29 is 28.3 Å². The van der Waals surface area contributed by atoms with Gasteiger partial charge in [0.25, 0.3) is 11.8 Å². The van der Waals surface area contributed by atoms with Gasteiger partial charge < -0.3 is 15.7 Å². The Bertz CT molecular complexity index is 803. The van der Waals surface area contributed by atoms with Crippen LogP contribution in [0.5, 0.6) is 0 Å². The van der Waals surface area contributed by atoms with Crippen LogP contribution < -0.4 is 16.1 Å². The number of benzene rings is 1. The third-order valence-electron chi connectivity index (χ3n) is 2.93. The quantitative estimate of drug-likeness (QED) is 0.641. The van der Waals surface area contributed by atoms with Crippen LogP contribution in [0.25, 0.3) is 0 Å². The smallest absolute Gasteiger partial charge is 0.405 e. The fourth-order valence-corrected chi connectivity index (χ4v) is 1.84. The van der Waals surface area contributed by atoms with Crippen molar-refractivity contribution in [1.29, 1.82) is 0 Å². The highest BCUT2D eigenvalue weighted by molar-refractivity contribution is 6.02. The van der Waals surface area contributed by atoms with E-state index in [1.54, 1.807) is 0 Å². The van der Waals surface area contributed by atoms with Gasteiger partial charge in [-0.1, -0.05) is 0 Å². The molecule has 2 aromatic rings. The minimum atomic E-state index is -1.39. The highest BCUT2D eigenvalue weighted by Crippen LogP contribution is 2.13. The Morgan fingerprint density at radius 2 is 1.84 bits per heavy atom. The SMILES string of the molecule is CC(NC(=O)O)C(=O)Nn1ccnc1C(=O)Nc1cc(F)cc(F)c1. The molecule has 0 saturated heterocycles. The number of imidazole rings is 1. The van der Waals surface area contributed by atoms with Crippen LogP contribution in [-0.2, 0) is 4.79 Å². The van der Waals surface area contributed by atoms with E-state index in [0.717, 1.165) is 16.8 Å². The topological polar surface area (TPSA) is 125 Å². The first-order valence-corrected chi connectivity index (χ1v) is 6.87. The van der Waals surface area contributed by atoms with Gasteiger partial charge in [0.2, 0.25) is 5.82 Å². The summed E-state index contributed by atoms with van der Waals surface area (Å²) in [6, 6.07) is 1.37. The molecule has 3 amide bonds. The van der Waals surface area contributed by atoms with E-state index in [1.807, 2.05) is 5.32 Å². The maximum Gasteiger partial charge on any atom is 0.405 e. The molecule has 0 fully saturated rings. The lowest BCUT2D eigenvalue weighted by atomic mass is 10.3. The number of anilines is 1. The number of halogens is 2. The van der Waals surface area contributed by atoms with Crippen LogP contribution in [0.2, 0.25) is 0 Å². The maximum atomic E-state index is 13.1. The van der Waals surface area contributed by atoms with Crippen molar-refractivity contribution in [2.24, 2.45) is 0 Å². The minimum absolute atomic E-state index is 0.135. The maximum absolute atomic E-state index is 13.1. The summed E-state index contributed by atoms with van der Waals surface area (Å²) in [5.41, 5.74) is 2.13. The molecule has 1 aromatic carbocycles. The third kappa shape index (κ3) is 4.73. The van der Waals surface area contributed by atoms with Crippen LogP contribution in [0.4, 0.5) is 19.3 Å². The molecule has 9 nitrogen and oxygen atoms in total. The van der Waals surface area contributed by atoms with E-state index in [2.05, 4.69) is 15.7 Å². The van der Waals surface area contributed by atoms with E-state index in [4.69, 9.17) is 5.11 Å². The predicted molar refractivity (Wildman–Crippen MR) is 81.5 cm³/mol. The summed E-state index contributed by atoms with van der Waals surface area (Å²) in [6.45, 7) is 1.30. The summed E-state index contributed by atoms with van der Waals surface area (Å²) >= 11 is 0. The first-order valence-electron chi connectivity index (χ1n) is 6.87. The van der Waals surface area contributed by atoms with E-state index < -0.39 is 35.6 Å². The summed E-state index contributed by atoms with van der Waals surface area (Å²) in [7, 11) is 0. The molecule has 0 spiro atoms. The van der Waals surface area contributed by atoms with Gasteiger partial charge in [-0.3, -0.25) is 15.0 Å². The first-order chi connectivity index (χ1) is 11.8. The van der Waals surface area contributed by atoms with Crippen LogP contribution in [-0.4, -0.2) is 38.7 Å². The number of nitrogens with zero attached hydrogens (tertiary/aromatic N) is 2. The van der Waals surface area contributed by atoms with Gasteiger partial charge in [0.15, 0.2) is 0 Å². The molecule has 0 aliphatic heterocycles. The molecule has 132 valence electrons. The van der Waals surface area contributed by atoms with Gasteiger partial charge in [-0.2, -0.15) is 0 Å². The molecule has 1 atom stereocenters. The normalized spacial score (nSPS) is 11.5. The number of carbonyl (C=O) groups excluding carboxylic acids is 2. The predicted octanol–water partition coefficient (Wildman–Crippen LogP) is 1.14. The summed E-state index contributed by atoms with van der Waals surface area (Å²) < 4.78 is 27.2. The summed E-state index contributed by atoms with van der Waals surface area (Å²) in [6.07, 6.45) is 1.06. The summed E-state index contributed by atoms with van der Waals surface area (Å²) in [5, 5.41) is 12.8. The van der Waals surface area contributed by atoms with Gasteiger partial charge in [-0.15, -0.1) is 0 Å². The highest BCUT2D eigenvalue weighted by atomic mass is 19.1. The molecule has 11 heteroatoms. The molecule has 4 N–H and O–H groups in total. The summed E-state index contributed by atoms with van der Waals surface area (Å²) in [4.78, 5) is 38.3. The molecule has 1 heterocycles. The molecule has 0 saturated carbocycles. The first kappa shape index (κ1) is 17.8. The Morgan fingerprint density at radius 3 is 2.44 bits per heavy atom. The molecule has 25 heavy (non-hydrogen) atoms. The number of nitrogens with one attached hydrogen (secondary N) is 3. The fraction of sp³-hybridized carbons (Fsp3) is 0.143. The number of carbonyl (C=O) groups is 3. The van der Waals surface area contributed by atoms with Gasteiger partial charge in [0, 0.05) is 24.1 Å². The van der Waals surface area contributed by atoms with Crippen molar-refractivity contribution >= 4 is 23.6 Å². The molecule has 0 aliphatic rings. The Labute approximate surface area is 139 Å². The van der Waals surface area contributed by atoms with Crippen LogP contribution in [0.15, 0.2) is 30.6 Å². The molecule has 2 rings (SSSR count). The number of carboxylic acid groups (broad SMARTS) is 1. The van der Waals surface area contributed by atoms with Crippen LogP contribution in [0.1, 0.15) is 17.5 Å². The van der Waals surface area contributed by atoms with Crippen LogP contribution in [0, 0.1) is 11.6 Å². The second kappa shape index (κ2) is 7.38. The number of hydrogen-bond acceptors (Lipinski definition) is 4. The number of amides is 3. The second-order valence-corrected chi connectivity index (χ2v) is 4.88. The number of hydrogen-bond donors (Lipinski definition) is 4. The van der Waals surface area contributed by atoms with E-state index in [-0.39, 0.29) is 11.5 Å². The Hall–Kier alpha value is -3.50. The van der Waals surface area contributed by atoms with Crippen molar-refractivity contribution in [2.45, 2.75) is 13.0 Å². The van der Waals surface area contributed by atoms with Crippen LogP contribution >= 0.6 is 0 Å². The Kier molecular flexibility index (Phi) is 5.27. The van der Waals surface area contributed by atoms with E-state index in [0.29, 0.717) is 6.07 Å². The highest BCUT2D eigenvalue weighted by Gasteiger charge is 2.19. The zero-order valence-corrected chi connectivity index (χ0v) is 12.8. The van der Waals surface area contributed by atoms with E-state index in [1.165, 1.54) is 19.3 Å². The number of aromatic nitrogens is 2. The Morgan fingerprint density at radius 1 is 1.20 bits per heavy atom. The molecule has 0 radical (unpaired) electrons. The largest absolute Gasteiger partial charge is 0.465 e. The second-order valence-electron chi connectivity index (χ2n) is 4.88. The lowest BCUT2D eigenvalue weighted by molar-refractivity contribution is -0.118. The molecule has 0 bridgehead atoms. The average molecular weight is 353 g/mol. The summed E-state index contributed by atoms with van der Waals surface area (Å²) in [5.74, 6) is -3.61. The molecule has 0 aliphatic carbocycles. The monoisotopic (exact) mass is 353 g/mol.